The zero-order valence-electron chi connectivity index (χ0n) is 14.3. The largest absolute Gasteiger partial charge is 0.361 e. The highest BCUT2D eigenvalue weighted by atomic mass is 16.5. The summed E-state index contributed by atoms with van der Waals surface area (Å²) in [6.45, 7) is 4.05. The summed E-state index contributed by atoms with van der Waals surface area (Å²) in [5, 5.41) is 7.23. The fourth-order valence-electron chi connectivity index (χ4n) is 6.13. The van der Waals surface area contributed by atoms with Crippen LogP contribution in [0.3, 0.4) is 0 Å². The van der Waals surface area contributed by atoms with Gasteiger partial charge in [-0.3, -0.25) is 4.79 Å². The second kappa shape index (κ2) is 5.64. The third kappa shape index (κ3) is 2.70. The summed E-state index contributed by atoms with van der Waals surface area (Å²) in [4.78, 5) is 12.6. The van der Waals surface area contributed by atoms with Crippen LogP contribution >= 0.6 is 0 Å². The van der Waals surface area contributed by atoms with Crippen LogP contribution in [0.15, 0.2) is 10.6 Å². The molecule has 0 aliphatic heterocycles. The maximum absolute atomic E-state index is 12.6. The number of hydrogen-bond donors (Lipinski definition) is 1. The lowest BCUT2D eigenvalue weighted by Gasteiger charge is -2.59. The van der Waals surface area contributed by atoms with Gasteiger partial charge < -0.3 is 9.84 Å². The van der Waals surface area contributed by atoms with Crippen molar-refractivity contribution in [1.82, 2.24) is 10.5 Å². The zero-order chi connectivity index (χ0) is 16.0. The normalized spacial score (nSPS) is 36.2. The fourth-order valence-corrected chi connectivity index (χ4v) is 6.13. The number of rotatable bonds is 5. The summed E-state index contributed by atoms with van der Waals surface area (Å²) in [6, 6.07) is 2.03. The van der Waals surface area contributed by atoms with Crippen molar-refractivity contribution >= 4 is 5.91 Å². The highest BCUT2D eigenvalue weighted by molar-refractivity contribution is 5.92. The highest BCUT2D eigenvalue weighted by Crippen LogP contribution is 2.61. The molecule has 4 heteroatoms. The maximum atomic E-state index is 12.6. The number of hydrogen-bond acceptors (Lipinski definition) is 3. The van der Waals surface area contributed by atoms with Crippen LogP contribution in [0.4, 0.5) is 0 Å². The minimum absolute atomic E-state index is 0.0592. The van der Waals surface area contributed by atoms with Crippen LogP contribution in [0.1, 0.15) is 74.5 Å². The Morgan fingerprint density at radius 3 is 2.39 bits per heavy atom. The van der Waals surface area contributed by atoms with Crippen LogP contribution in [0.5, 0.6) is 0 Å². The molecule has 4 fully saturated rings. The van der Waals surface area contributed by atoms with E-state index in [2.05, 4.69) is 17.4 Å². The van der Waals surface area contributed by atoms with Gasteiger partial charge in [0.25, 0.3) is 5.91 Å². The third-order valence-corrected chi connectivity index (χ3v) is 6.57. The van der Waals surface area contributed by atoms with E-state index in [-0.39, 0.29) is 5.91 Å². The number of amides is 1. The molecule has 126 valence electrons. The van der Waals surface area contributed by atoms with Crippen molar-refractivity contribution in [2.24, 2.45) is 23.2 Å². The molecule has 23 heavy (non-hydrogen) atoms. The van der Waals surface area contributed by atoms with Gasteiger partial charge in [-0.15, -0.1) is 0 Å². The van der Waals surface area contributed by atoms with Gasteiger partial charge in [-0.1, -0.05) is 18.5 Å². The molecular weight excluding hydrogens is 288 g/mol. The fraction of sp³-hybridized carbons (Fsp3) is 0.789. The zero-order valence-corrected chi connectivity index (χ0v) is 14.3. The second-order valence-corrected chi connectivity index (χ2v) is 8.42. The van der Waals surface area contributed by atoms with E-state index in [0.29, 0.717) is 22.9 Å². The summed E-state index contributed by atoms with van der Waals surface area (Å²) < 4.78 is 5.07. The number of carbonyl (C=O) groups is 1. The van der Waals surface area contributed by atoms with Crippen molar-refractivity contribution in [3.63, 3.8) is 0 Å². The first-order chi connectivity index (χ1) is 11.1. The molecule has 1 N–H and O–H groups in total. The minimum atomic E-state index is -0.0592. The van der Waals surface area contributed by atoms with Crippen LogP contribution in [0, 0.1) is 30.1 Å². The lowest BCUT2D eigenvalue weighted by molar-refractivity contribution is -0.0736. The predicted molar refractivity (Wildman–Crippen MR) is 88.0 cm³/mol. The van der Waals surface area contributed by atoms with Crippen molar-refractivity contribution in [1.29, 1.82) is 0 Å². The van der Waals surface area contributed by atoms with E-state index in [9.17, 15) is 4.79 Å². The van der Waals surface area contributed by atoms with Gasteiger partial charge >= 0.3 is 0 Å². The first-order valence-corrected chi connectivity index (χ1v) is 9.32. The molecule has 1 unspecified atom stereocenters. The van der Waals surface area contributed by atoms with Gasteiger partial charge in [0.1, 0.15) is 5.76 Å². The molecule has 4 saturated carbocycles. The first-order valence-electron chi connectivity index (χ1n) is 9.32. The summed E-state index contributed by atoms with van der Waals surface area (Å²) in [6.07, 6.45) is 10.5. The molecule has 0 saturated heterocycles. The monoisotopic (exact) mass is 316 g/mol. The minimum Gasteiger partial charge on any atom is -0.361 e. The van der Waals surface area contributed by atoms with Crippen molar-refractivity contribution in [3.8, 4) is 0 Å². The number of nitrogens with zero attached hydrogens (tertiary/aromatic N) is 1. The molecule has 1 atom stereocenters. The van der Waals surface area contributed by atoms with Gasteiger partial charge in [-0.05, 0) is 75.0 Å². The summed E-state index contributed by atoms with van der Waals surface area (Å²) in [5.41, 5.74) is 0.771. The first kappa shape index (κ1) is 15.2. The van der Waals surface area contributed by atoms with Gasteiger partial charge in [0, 0.05) is 12.1 Å². The Morgan fingerprint density at radius 2 is 1.91 bits per heavy atom. The van der Waals surface area contributed by atoms with E-state index in [1.165, 1.54) is 38.5 Å². The number of nitrogens with one attached hydrogen (secondary N) is 1. The average Bonchev–Trinajstić information content (AvgIpc) is 2.92. The number of aromatic nitrogens is 1. The van der Waals surface area contributed by atoms with Gasteiger partial charge in [-0.25, -0.2) is 0 Å². The predicted octanol–water partition coefficient (Wildman–Crippen LogP) is 4.10. The molecule has 0 aromatic carbocycles. The molecular formula is C19H28N2O2. The molecule has 0 radical (unpaired) electrons. The van der Waals surface area contributed by atoms with E-state index in [1.807, 2.05) is 6.92 Å². The molecule has 4 bridgehead atoms. The Bertz CT molecular complexity index is 557. The molecule has 1 aromatic heterocycles. The van der Waals surface area contributed by atoms with Crippen LogP contribution in [0.25, 0.3) is 0 Å². The Morgan fingerprint density at radius 1 is 1.30 bits per heavy atom. The third-order valence-electron chi connectivity index (χ3n) is 6.57. The van der Waals surface area contributed by atoms with Gasteiger partial charge in [0.2, 0.25) is 0 Å². The maximum Gasteiger partial charge on any atom is 0.273 e. The second-order valence-electron chi connectivity index (χ2n) is 8.42. The lowest BCUT2D eigenvalue weighted by atomic mass is 9.47. The van der Waals surface area contributed by atoms with Crippen molar-refractivity contribution in [3.05, 3.63) is 17.5 Å². The highest BCUT2D eigenvalue weighted by Gasteiger charge is 2.54. The lowest BCUT2D eigenvalue weighted by Crippen LogP contribution is -2.56. The Labute approximate surface area is 138 Å². The average molecular weight is 316 g/mol. The van der Waals surface area contributed by atoms with Crippen molar-refractivity contribution < 1.29 is 9.32 Å². The van der Waals surface area contributed by atoms with E-state index in [4.69, 9.17) is 4.52 Å². The molecule has 4 nitrogen and oxygen atoms in total. The Balaban J connectivity index is 1.54. The summed E-state index contributed by atoms with van der Waals surface area (Å²) in [5.74, 6) is 3.36. The smallest absolute Gasteiger partial charge is 0.273 e. The Hall–Kier alpha value is -1.32. The van der Waals surface area contributed by atoms with Crippen LogP contribution in [-0.4, -0.2) is 17.1 Å². The van der Waals surface area contributed by atoms with Crippen LogP contribution in [0.2, 0.25) is 0 Å². The standard InChI is InChI=1S/C19H28N2O2/c1-3-4-17(20-18(22)16-5-12(2)23-21-16)19-9-13-6-14(10-19)8-15(7-13)11-19/h5,13-15,17H,3-4,6-11H2,1-2H3,(H,20,22). The van der Waals surface area contributed by atoms with E-state index in [1.54, 1.807) is 6.07 Å². The van der Waals surface area contributed by atoms with Crippen molar-refractivity contribution in [2.75, 3.05) is 0 Å². The molecule has 4 aliphatic rings. The van der Waals surface area contributed by atoms with Crippen LogP contribution in [-0.2, 0) is 0 Å². The van der Waals surface area contributed by atoms with Crippen LogP contribution < -0.4 is 5.32 Å². The Kier molecular flexibility index (Phi) is 3.73. The van der Waals surface area contributed by atoms with Gasteiger partial charge in [-0.2, -0.15) is 0 Å². The van der Waals surface area contributed by atoms with Gasteiger partial charge in [0.05, 0.1) is 0 Å². The molecule has 1 amide bonds. The van der Waals surface area contributed by atoms with Gasteiger partial charge in [0.15, 0.2) is 5.69 Å². The molecule has 4 aliphatic carbocycles. The quantitative estimate of drug-likeness (QED) is 0.890. The molecule has 1 aromatic rings. The molecule has 0 spiro atoms. The summed E-state index contributed by atoms with van der Waals surface area (Å²) in [7, 11) is 0. The van der Waals surface area contributed by atoms with E-state index in [0.717, 1.165) is 30.6 Å². The van der Waals surface area contributed by atoms with Crippen molar-refractivity contribution in [2.45, 2.75) is 71.3 Å². The number of aryl methyl sites for hydroxylation is 1. The summed E-state index contributed by atoms with van der Waals surface area (Å²) >= 11 is 0. The van der Waals surface area contributed by atoms with E-state index >= 15 is 0 Å². The molecule has 1 heterocycles. The van der Waals surface area contributed by atoms with E-state index < -0.39 is 0 Å². The SMILES string of the molecule is CCCC(NC(=O)c1cc(C)on1)C12CC3CC(CC(C3)C1)C2. The number of carbonyl (C=O) groups excluding carboxylic acids is 1. The topological polar surface area (TPSA) is 55.1 Å². The molecule has 5 rings (SSSR count).